The van der Waals surface area contributed by atoms with Crippen LogP contribution < -0.4 is 15.4 Å². The zero-order chi connectivity index (χ0) is 21.4. The molecule has 1 heterocycles. The average Bonchev–Trinajstić information content (AvgIpc) is 2.62. The molecule has 0 unspecified atom stereocenters. The van der Waals surface area contributed by atoms with E-state index < -0.39 is 6.36 Å². The van der Waals surface area contributed by atoms with Crippen molar-refractivity contribution >= 4 is 17.5 Å². The summed E-state index contributed by atoms with van der Waals surface area (Å²) >= 11 is 0. The molecule has 0 atom stereocenters. The van der Waals surface area contributed by atoms with Crippen molar-refractivity contribution in [3.05, 3.63) is 24.3 Å². The Labute approximate surface area is 168 Å². The van der Waals surface area contributed by atoms with Gasteiger partial charge in [0.15, 0.2) is 0 Å². The van der Waals surface area contributed by atoms with Crippen LogP contribution in [0.1, 0.15) is 13.8 Å². The third kappa shape index (κ3) is 9.14. The molecule has 0 aliphatic carbocycles. The van der Waals surface area contributed by atoms with Gasteiger partial charge in [0.25, 0.3) is 0 Å². The summed E-state index contributed by atoms with van der Waals surface area (Å²) in [6.45, 7) is 7.93. The van der Waals surface area contributed by atoms with E-state index in [1.807, 2.05) is 23.6 Å². The number of halogens is 3. The first-order valence-electron chi connectivity index (χ1n) is 9.48. The number of piperazine rings is 1. The Kier molecular flexibility index (Phi) is 8.27. The minimum Gasteiger partial charge on any atom is -0.406 e. The molecule has 1 aliphatic rings. The van der Waals surface area contributed by atoms with Crippen LogP contribution in [0.5, 0.6) is 5.75 Å². The predicted molar refractivity (Wildman–Crippen MR) is 102 cm³/mol. The maximum Gasteiger partial charge on any atom is 0.573 e. The summed E-state index contributed by atoms with van der Waals surface area (Å²) in [6.07, 6.45) is -4.75. The van der Waals surface area contributed by atoms with E-state index in [-0.39, 0.29) is 24.1 Å². The number of anilines is 1. The zero-order valence-electron chi connectivity index (χ0n) is 16.6. The van der Waals surface area contributed by atoms with Crippen LogP contribution in [-0.4, -0.2) is 73.8 Å². The van der Waals surface area contributed by atoms with E-state index in [1.165, 1.54) is 12.1 Å². The summed E-state index contributed by atoms with van der Waals surface area (Å²) in [4.78, 5) is 28.1. The number of carbonyl (C=O) groups is 2. The van der Waals surface area contributed by atoms with Crippen molar-refractivity contribution in [2.24, 2.45) is 5.92 Å². The molecular formula is C19H27F3N4O3. The molecule has 2 amide bonds. The van der Waals surface area contributed by atoms with E-state index in [4.69, 9.17) is 0 Å². The molecule has 1 saturated heterocycles. The third-order valence-corrected chi connectivity index (χ3v) is 4.28. The molecule has 2 rings (SSSR count). The van der Waals surface area contributed by atoms with Gasteiger partial charge in [0.1, 0.15) is 5.75 Å². The van der Waals surface area contributed by atoms with Gasteiger partial charge >= 0.3 is 6.36 Å². The van der Waals surface area contributed by atoms with E-state index >= 15 is 0 Å². The van der Waals surface area contributed by atoms with Gasteiger partial charge < -0.3 is 15.4 Å². The fourth-order valence-electron chi connectivity index (χ4n) is 2.83. The number of nitrogens with one attached hydrogen (secondary N) is 2. The van der Waals surface area contributed by atoms with Crippen LogP contribution in [0.2, 0.25) is 0 Å². The van der Waals surface area contributed by atoms with Crippen LogP contribution in [0.15, 0.2) is 24.3 Å². The summed E-state index contributed by atoms with van der Waals surface area (Å²) in [6, 6.07) is 5.00. The average molecular weight is 416 g/mol. The van der Waals surface area contributed by atoms with Crippen LogP contribution in [0.25, 0.3) is 0 Å². The summed E-state index contributed by atoms with van der Waals surface area (Å²) in [5, 5.41) is 5.54. The lowest BCUT2D eigenvalue weighted by Gasteiger charge is -2.33. The lowest BCUT2D eigenvalue weighted by atomic mass is 10.2. The smallest absolute Gasteiger partial charge is 0.406 e. The van der Waals surface area contributed by atoms with Crippen LogP contribution in [0, 0.1) is 5.92 Å². The van der Waals surface area contributed by atoms with Gasteiger partial charge in [-0.15, -0.1) is 13.2 Å². The molecule has 0 spiro atoms. The van der Waals surface area contributed by atoms with Gasteiger partial charge in [-0.05, 0) is 30.2 Å². The van der Waals surface area contributed by atoms with Crippen molar-refractivity contribution in [3.63, 3.8) is 0 Å². The fraction of sp³-hybridized carbons (Fsp3) is 0.579. The second-order valence-electron chi connectivity index (χ2n) is 7.37. The first kappa shape index (κ1) is 23.0. The monoisotopic (exact) mass is 416 g/mol. The van der Waals surface area contributed by atoms with E-state index in [0.29, 0.717) is 50.9 Å². The third-order valence-electron chi connectivity index (χ3n) is 4.28. The lowest BCUT2D eigenvalue weighted by molar-refractivity contribution is -0.274. The van der Waals surface area contributed by atoms with Crippen molar-refractivity contribution in [1.82, 2.24) is 15.1 Å². The molecule has 29 heavy (non-hydrogen) atoms. The first-order valence-corrected chi connectivity index (χ1v) is 9.48. The molecule has 2 N–H and O–H groups in total. The Balaban J connectivity index is 1.69. The Bertz CT molecular complexity index is 672. The largest absolute Gasteiger partial charge is 0.573 e. The van der Waals surface area contributed by atoms with Crippen molar-refractivity contribution in [2.45, 2.75) is 20.2 Å². The molecular weight excluding hydrogens is 389 g/mol. The highest BCUT2D eigenvalue weighted by Gasteiger charge is 2.31. The molecule has 7 nitrogen and oxygen atoms in total. The second-order valence-corrected chi connectivity index (χ2v) is 7.37. The van der Waals surface area contributed by atoms with Gasteiger partial charge in [0, 0.05) is 38.4 Å². The summed E-state index contributed by atoms with van der Waals surface area (Å²) < 4.78 is 40.3. The highest BCUT2D eigenvalue weighted by molar-refractivity contribution is 5.92. The number of rotatable bonds is 8. The second kappa shape index (κ2) is 10.4. The van der Waals surface area contributed by atoms with Crippen LogP contribution in [0.4, 0.5) is 18.9 Å². The number of carbonyl (C=O) groups excluding carboxylic acids is 2. The van der Waals surface area contributed by atoms with Crippen LogP contribution in [0.3, 0.4) is 0 Å². The summed E-state index contributed by atoms with van der Waals surface area (Å²) in [7, 11) is 0. The minimum absolute atomic E-state index is 0.00263. The van der Waals surface area contributed by atoms with Gasteiger partial charge in [-0.25, -0.2) is 0 Å². The number of ether oxygens (including phenoxy) is 1. The first-order chi connectivity index (χ1) is 13.6. The predicted octanol–water partition coefficient (Wildman–Crippen LogP) is 1.91. The van der Waals surface area contributed by atoms with E-state index in [2.05, 4.69) is 15.4 Å². The number of nitrogens with zero attached hydrogens (tertiary/aromatic N) is 2. The Morgan fingerprint density at radius 1 is 1.00 bits per heavy atom. The highest BCUT2D eigenvalue weighted by Crippen LogP contribution is 2.23. The number of alkyl halides is 3. The summed E-state index contributed by atoms with van der Waals surface area (Å²) in [5.74, 6) is -0.188. The number of hydrogen-bond acceptors (Lipinski definition) is 5. The minimum atomic E-state index is -4.75. The molecule has 0 bridgehead atoms. The van der Waals surface area contributed by atoms with E-state index in [0.717, 1.165) is 12.1 Å². The van der Waals surface area contributed by atoms with Gasteiger partial charge in [-0.1, -0.05) is 13.8 Å². The number of benzene rings is 1. The Morgan fingerprint density at radius 2 is 1.52 bits per heavy atom. The van der Waals surface area contributed by atoms with E-state index in [1.54, 1.807) is 0 Å². The fourth-order valence-corrected chi connectivity index (χ4v) is 2.83. The highest BCUT2D eigenvalue weighted by atomic mass is 19.4. The maximum absolute atomic E-state index is 12.2. The lowest BCUT2D eigenvalue weighted by Crippen LogP contribution is -2.51. The molecule has 1 aromatic carbocycles. The van der Waals surface area contributed by atoms with E-state index in [9.17, 15) is 22.8 Å². The van der Waals surface area contributed by atoms with Crippen molar-refractivity contribution in [3.8, 4) is 5.75 Å². The Hall–Kier alpha value is -2.33. The molecule has 162 valence electrons. The van der Waals surface area contributed by atoms with Gasteiger partial charge in [0.05, 0.1) is 13.1 Å². The molecule has 0 aromatic heterocycles. The summed E-state index contributed by atoms with van der Waals surface area (Å²) in [5.41, 5.74) is 0.394. The normalized spacial score (nSPS) is 15.9. The van der Waals surface area contributed by atoms with Gasteiger partial charge in [-0.3, -0.25) is 19.4 Å². The topological polar surface area (TPSA) is 73.9 Å². The van der Waals surface area contributed by atoms with Crippen molar-refractivity contribution < 1.29 is 27.5 Å². The quantitative estimate of drug-likeness (QED) is 0.677. The Morgan fingerprint density at radius 3 is 2.00 bits per heavy atom. The van der Waals surface area contributed by atoms with Crippen molar-refractivity contribution in [2.75, 3.05) is 51.1 Å². The number of hydrogen-bond donors (Lipinski definition) is 2. The SMILES string of the molecule is CC(C)CNC(=O)CN1CCN(CC(=O)Nc2ccc(OC(F)(F)F)cc2)CC1. The number of amides is 2. The van der Waals surface area contributed by atoms with Crippen molar-refractivity contribution in [1.29, 1.82) is 0 Å². The molecule has 1 fully saturated rings. The van der Waals surface area contributed by atoms with Crippen LogP contribution >= 0.6 is 0 Å². The van der Waals surface area contributed by atoms with Gasteiger partial charge in [-0.2, -0.15) is 0 Å². The maximum atomic E-state index is 12.2. The van der Waals surface area contributed by atoms with Crippen LogP contribution in [-0.2, 0) is 9.59 Å². The standard InChI is InChI=1S/C19H27F3N4O3/c1-14(2)11-23-17(27)12-25-7-9-26(10-8-25)13-18(28)24-15-3-5-16(6-4-15)29-19(20,21)22/h3-6,14H,7-13H2,1-2H3,(H,23,27)(H,24,28). The zero-order valence-corrected chi connectivity index (χ0v) is 16.6. The van der Waals surface area contributed by atoms with Gasteiger partial charge in [0.2, 0.25) is 11.8 Å². The molecule has 0 saturated carbocycles. The molecule has 1 aromatic rings. The molecule has 10 heteroatoms. The molecule has 1 aliphatic heterocycles. The molecule has 0 radical (unpaired) electrons.